The van der Waals surface area contributed by atoms with E-state index in [1.165, 1.54) is 5.56 Å². The lowest BCUT2D eigenvalue weighted by Gasteiger charge is -2.35. The molecule has 148 valence electrons. The summed E-state index contributed by atoms with van der Waals surface area (Å²) >= 11 is 0. The number of nitriles is 1. The van der Waals surface area contributed by atoms with Crippen molar-refractivity contribution in [1.82, 2.24) is 4.57 Å². The van der Waals surface area contributed by atoms with Gasteiger partial charge < -0.3 is 14.2 Å². The zero-order valence-corrected chi connectivity index (χ0v) is 17.1. The predicted molar refractivity (Wildman–Crippen MR) is 116 cm³/mol. The summed E-state index contributed by atoms with van der Waals surface area (Å²) in [6.07, 6.45) is 1.97. The average molecular weight is 387 g/mol. The first kappa shape index (κ1) is 19.1. The van der Waals surface area contributed by atoms with Gasteiger partial charge in [-0.1, -0.05) is 24.3 Å². The van der Waals surface area contributed by atoms with E-state index in [0.29, 0.717) is 5.92 Å². The molecule has 5 heteroatoms. The Hall–Kier alpha value is -3.26. The van der Waals surface area contributed by atoms with E-state index >= 15 is 0 Å². The third-order valence-corrected chi connectivity index (χ3v) is 6.04. The normalized spacial score (nSPS) is 14.8. The highest BCUT2D eigenvalue weighted by Gasteiger charge is 2.26. The summed E-state index contributed by atoms with van der Waals surface area (Å²) in [5.74, 6) is 1.34. The minimum atomic E-state index is -0.224. The fourth-order valence-corrected chi connectivity index (χ4v) is 4.37. The number of piperidine rings is 1. The van der Waals surface area contributed by atoms with Crippen LogP contribution in [0.5, 0.6) is 5.75 Å². The zero-order valence-electron chi connectivity index (χ0n) is 17.1. The van der Waals surface area contributed by atoms with Gasteiger partial charge >= 0.3 is 0 Å². The van der Waals surface area contributed by atoms with Crippen molar-refractivity contribution in [3.05, 3.63) is 69.5 Å². The molecule has 4 rings (SSSR count). The van der Waals surface area contributed by atoms with Gasteiger partial charge in [-0.2, -0.15) is 5.26 Å². The van der Waals surface area contributed by atoms with Crippen molar-refractivity contribution in [1.29, 1.82) is 5.26 Å². The molecular weight excluding hydrogens is 362 g/mol. The van der Waals surface area contributed by atoms with Gasteiger partial charge in [0, 0.05) is 25.5 Å². The van der Waals surface area contributed by atoms with Gasteiger partial charge in [0.05, 0.1) is 18.3 Å². The molecule has 0 spiro atoms. The molecule has 0 saturated carbocycles. The van der Waals surface area contributed by atoms with E-state index < -0.39 is 0 Å². The van der Waals surface area contributed by atoms with Crippen LogP contribution in [0.1, 0.15) is 35.4 Å². The number of methoxy groups -OCH3 is 1. The second-order valence-electron chi connectivity index (χ2n) is 7.75. The van der Waals surface area contributed by atoms with Crippen LogP contribution in [0, 0.1) is 18.3 Å². The van der Waals surface area contributed by atoms with E-state index in [0.717, 1.165) is 53.8 Å². The molecule has 0 aliphatic carbocycles. The van der Waals surface area contributed by atoms with Crippen molar-refractivity contribution in [2.75, 3.05) is 25.1 Å². The monoisotopic (exact) mass is 387 g/mol. The van der Waals surface area contributed by atoms with Crippen LogP contribution in [0.2, 0.25) is 0 Å². The Morgan fingerprint density at radius 1 is 1.10 bits per heavy atom. The standard InChI is InChI=1S/C24H25N3O2/c1-16-4-9-20-22(14-16)26(2)24(28)21(15-25)23(20)27-12-10-18(11-13-27)17-5-7-19(29-3)8-6-17/h4-9,14,18H,10-13H2,1-3H3. The number of ether oxygens (including phenoxy) is 1. The molecule has 1 aromatic heterocycles. The Kier molecular flexibility index (Phi) is 5.02. The van der Waals surface area contributed by atoms with Crippen LogP contribution >= 0.6 is 0 Å². The molecule has 0 N–H and O–H groups in total. The van der Waals surface area contributed by atoms with Crippen LogP contribution < -0.4 is 15.2 Å². The number of pyridine rings is 1. The van der Waals surface area contributed by atoms with Crippen molar-refractivity contribution in [2.45, 2.75) is 25.7 Å². The summed E-state index contributed by atoms with van der Waals surface area (Å²) in [6, 6.07) is 16.6. The van der Waals surface area contributed by atoms with E-state index in [2.05, 4.69) is 23.1 Å². The molecule has 0 unspecified atom stereocenters. The third kappa shape index (κ3) is 3.36. The smallest absolute Gasteiger partial charge is 0.270 e. The first-order valence-corrected chi connectivity index (χ1v) is 9.96. The number of aromatic nitrogens is 1. The van der Waals surface area contributed by atoms with Crippen LogP contribution in [-0.2, 0) is 7.05 Å². The summed E-state index contributed by atoms with van der Waals surface area (Å²) in [7, 11) is 3.42. The molecule has 5 nitrogen and oxygen atoms in total. The van der Waals surface area contributed by atoms with Crippen molar-refractivity contribution < 1.29 is 4.74 Å². The lowest BCUT2D eigenvalue weighted by Crippen LogP contribution is -2.35. The van der Waals surface area contributed by atoms with Gasteiger partial charge in [0.1, 0.15) is 17.4 Å². The Bertz CT molecular complexity index is 1150. The summed E-state index contributed by atoms with van der Waals surface area (Å²) in [5.41, 5.74) is 4.10. The van der Waals surface area contributed by atoms with Crippen molar-refractivity contribution in [3.8, 4) is 11.8 Å². The zero-order chi connectivity index (χ0) is 20.5. The molecule has 1 fully saturated rings. The maximum absolute atomic E-state index is 12.8. The van der Waals surface area contributed by atoms with Crippen LogP contribution in [-0.4, -0.2) is 24.8 Å². The molecule has 2 aromatic carbocycles. The van der Waals surface area contributed by atoms with Gasteiger partial charge in [-0.3, -0.25) is 4.79 Å². The van der Waals surface area contributed by atoms with Gasteiger partial charge in [0.25, 0.3) is 5.56 Å². The van der Waals surface area contributed by atoms with Gasteiger partial charge in [-0.05, 0) is 55.0 Å². The molecule has 1 saturated heterocycles. The van der Waals surface area contributed by atoms with Crippen molar-refractivity contribution >= 4 is 16.6 Å². The summed E-state index contributed by atoms with van der Waals surface area (Å²) < 4.78 is 6.85. The second kappa shape index (κ2) is 7.63. The number of anilines is 1. The van der Waals surface area contributed by atoms with E-state index in [4.69, 9.17) is 4.74 Å². The SMILES string of the molecule is COc1ccc(C2CCN(c3c(C#N)c(=O)n(C)c4cc(C)ccc34)CC2)cc1. The molecule has 0 atom stereocenters. The number of benzene rings is 2. The number of rotatable bonds is 3. The molecule has 0 bridgehead atoms. The maximum Gasteiger partial charge on any atom is 0.270 e. The van der Waals surface area contributed by atoms with Crippen molar-refractivity contribution in [2.24, 2.45) is 7.05 Å². The number of hydrogen-bond donors (Lipinski definition) is 0. The Morgan fingerprint density at radius 2 is 1.79 bits per heavy atom. The minimum Gasteiger partial charge on any atom is -0.497 e. The highest BCUT2D eigenvalue weighted by Crippen LogP contribution is 2.35. The van der Waals surface area contributed by atoms with Gasteiger partial charge in [-0.15, -0.1) is 0 Å². The number of nitrogens with zero attached hydrogens (tertiary/aromatic N) is 3. The van der Waals surface area contributed by atoms with E-state index in [-0.39, 0.29) is 11.1 Å². The number of aryl methyl sites for hydroxylation is 2. The fraction of sp³-hybridized carbons (Fsp3) is 0.333. The van der Waals surface area contributed by atoms with Crippen LogP contribution in [0.25, 0.3) is 10.9 Å². The Labute approximate surface area is 170 Å². The minimum absolute atomic E-state index is 0.224. The summed E-state index contributed by atoms with van der Waals surface area (Å²) in [6.45, 7) is 3.66. The van der Waals surface area contributed by atoms with E-state index in [1.54, 1.807) is 18.7 Å². The van der Waals surface area contributed by atoms with Crippen molar-refractivity contribution in [3.63, 3.8) is 0 Å². The molecular formula is C24H25N3O2. The van der Waals surface area contributed by atoms with Crippen LogP contribution in [0.4, 0.5) is 5.69 Å². The van der Waals surface area contributed by atoms with E-state index in [9.17, 15) is 10.1 Å². The quantitative estimate of drug-likeness (QED) is 0.679. The molecule has 1 aliphatic heterocycles. The summed E-state index contributed by atoms with van der Waals surface area (Å²) in [4.78, 5) is 15.1. The van der Waals surface area contributed by atoms with Gasteiger partial charge in [-0.25, -0.2) is 0 Å². The molecule has 0 radical (unpaired) electrons. The maximum atomic E-state index is 12.8. The first-order valence-electron chi connectivity index (χ1n) is 9.96. The van der Waals surface area contributed by atoms with E-state index in [1.807, 2.05) is 37.3 Å². The average Bonchev–Trinajstić information content (AvgIpc) is 2.76. The number of hydrogen-bond acceptors (Lipinski definition) is 4. The predicted octanol–water partition coefficient (Wildman–Crippen LogP) is 4.11. The summed E-state index contributed by atoms with van der Waals surface area (Å²) in [5, 5.41) is 10.7. The second-order valence-corrected chi connectivity index (χ2v) is 7.75. The fourth-order valence-electron chi connectivity index (χ4n) is 4.37. The Balaban J connectivity index is 1.68. The lowest BCUT2D eigenvalue weighted by molar-refractivity contribution is 0.414. The topological polar surface area (TPSA) is 58.3 Å². The molecule has 3 aromatic rings. The van der Waals surface area contributed by atoms with Gasteiger partial charge in [0.2, 0.25) is 0 Å². The molecule has 0 amide bonds. The van der Waals surface area contributed by atoms with Crippen LogP contribution in [0.3, 0.4) is 0 Å². The third-order valence-electron chi connectivity index (χ3n) is 6.04. The van der Waals surface area contributed by atoms with Crippen LogP contribution in [0.15, 0.2) is 47.3 Å². The first-order chi connectivity index (χ1) is 14.0. The van der Waals surface area contributed by atoms with Gasteiger partial charge in [0.15, 0.2) is 0 Å². The molecule has 29 heavy (non-hydrogen) atoms. The Morgan fingerprint density at radius 3 is 2.41 bits per heavy atom. The lowest BCUT2D eigenvalue weighted by atomic mass is 9.89. The molecule has 1 aliphatic rings. The largest absolute Gasteiger partial charge is 0.497 e. The highest BCUT2D eigenvalue weighted by atomic mass is 16.5. The highest BCUT2D eigenvalue weighted by molar-refractivity contribution is 5.95. The molecule has 2 heterocycles. The number of fused-ring (bicyclic) bond motifs is 1.